The largest absolute Gasteiger partial charge is 0.489 e. The fourth-order valence-electron chi connectivity index (χ4n) is 3.37. The molecule has 1 fully saturated rings. The van der Waals surface area contributed by atoms with E-state index in [4.69, 9.17) is 13.9 Å². The molecule has 1 amide bonds. The Morgan fingerprint density at radius 2 is 1.96 bits per heavy atom. The summed E-state index contributed by atoms with van der Waals surface area (Å²) in [5.74, 6) is 0.791. The van der Waals surface area contributed by atoms with Crippen molar-refractivity contribution in [2.45, 2.75) is 12.7 Å². The third kappa shape index (κ3) is 4.18. The molecule has 2 heterocycles. The normalized spacial score (nSPS) is 17.5. The number of ether oxygens (including phenoxy) is 2. The predicted molar refractivity (Wildman–Crippen MR) is 107 cm³/mol. The van der Waals surface area contributed by atoms with Crippen LogP contribution in [0.2, 0.25) is 0 Å². The van der Waals surface area contributed by atoms with Crippen LogP contribution in [-0.4, -0.2) is 50.2 Å². The number of amides is 1. The fraction of sp³-hybridized carbons (Fsp3) is 0.318. The number of hydrogen-bond acceptors (Lipinski definition) is 5. The molecule has 6 nitrogen and oxygen atoms in total. The standard InChI is InChI=1S/C22H24N2O4/c1-24-11-12-26-17(14-24)13-23-22(25)21-19(15-27-16-7-3-2-4-8-16)18-9-5-6-10-20(18)28-21/h2-10,17H,11-15H2,1H3,(H,23,25). The molecule has 3 aromatic rings. The lowest BCUT2D eigenvalue weighted by molar-refractivity contribution is -0.0175. The molecular formula is C22H24N2O4. The van der Waals surface area contributed by atoms with Crippen LogP contribution in [0.15, 0.2) is 59.0 Å². The van der Waals surface area contributed by atoms with E-state index in [-0.39, 0.29) is 18.6 Å². The van der Waals surface area contributed by atoms with Gasteiger partial charge in [-0.3, -0.25) is 4.79 Å². The highest BCUT2D eigenvalue weighted by Crippen LogP contribution is 2.27. The first-order chi connectivity index (χ1) is 13.7. The van der Waals surface area contributed by atoms with E-state index in [1.807, 2.05) is 54.6 Å². The molecule has 2 aromatic carbocycles. The summed E-state index contributed by atoms with van der Waals surface area (Å²) in [5.41, 5.74) is 1.42. The molecule has 1 aliphatic heterocycles. The number of fused-ring (bicyclic) bond motifs is 1. The smallest absolute Gasteiger partial charge is 0.287 e. The molecular weight excluding hydrogens is 356 g/mol. The van der Waals surface area contributed by atoms with Crippen molar-refractivity contribution in [3.8, 4) is 5.75 Å². The molecule has 1 N–H and O–H groups in total. The first-order valence-corrected chi connectivity index (χ1v) is 9.47. The van der Waals surface area contributed by atoms with Crippen molar-refractivity contribution in [1.29, 1.82) is 0 Å². The zero-order valence-corrected chi connectivity index (χ0v) is 15.9. The number of rotatable bonds is 6. The molecule has 0 spiro atoms. The Kier molecular flexibility index (Phi) is 5.60. The van der Waals surface area contributed by atoms with Crippen LogP contribution in [0.3, 0.4) is 0 Å². The zero-order chi connectivity index (χ0) is 19.3. The summed E-state index contributed by atoms with van der Waals surface area (Å²) in [4.78, 5) is 15.0. The Balaban J connectivity index is 1.51. The highest BCUT2D eigenvalue weighted by atomic mass is 16.5. The Hall–Kier alpha value is -2.83. The number of morpholine rings is 1. The summed E-state index contributed by atoms with van der Waals surface area (Å²) in [7, 11) is 2.05. The van der Waals surface area contributed by atoms with Gasteiger partial charge in [-0.05, 0) is 25.2 Å². The maximum Gasteiger partial charge on any atom is 0.287 e. The van der Waals surface area contributed by atoms with Crippen LogP contribution in [0.25, 0.3) is 11.0 Å². The molecule has 1 unspecified atom stereocenters. The molecule has 1 saturated heterocycles. The minimum atomic E-state index is -0.250. The van der Waals surface area contributed by atoms with Crippen LogP contribution in [0, 0.1) is 0 Å². The maximum atomic E-state index is 12.8. The van der Waals surface area contributed by atoms with Crippen molar-refractivity contribution in [2.75, 3.05) is 33.3 Å². The van der Waals surface area contributed by atoms with Crippen LogP contribution in [0.4, 0.5) is 0 Å². The second-order valence-electron chi connectivity index (χ2n) is 6.97. The van der Waals surface area contributed by atoms with Crippen LogP contribution in [0.5, 0.6) is 5.75 Å². The van der Waals surface area contributed by atoms with Crippen molar-refractivity contribution in [3.63, 3.8) is 0 Å². The fourth-order valence-corrected chi connectivity index (χ4v) is 3.37. The van der Waals surface area contributed by atoms with Crippen LogP contribution in [-0.2, 0) is 11.3 Å². The predicted octanol–water partition coefficient (Wildman–Crippen LogP) is 3.07. The number of nitrogens with zero attached hydrogens (tertiary/aromatic N) is 1. The van der Waals surface area contributed by atoms with Gasteiger partial charge in [0.15, 0.2) is 5.76 Å². The first kappa shape index (κ1) is 18.5. The van der Waals surface area contributed by atoms with E-state index in [0.29, 0.717) is 24.5 Å². The third-order valence-corrected chi connectivity index (χ3v) is 4.86. The van der Waals surface area contributed by atoms with Gasteiger partial charge in [-0.15, -0.1) is 0 Å². The number of nitrogens with one attached hydrogen (secondary N) is 1. The number of para-hydroxylation sites is 2. The lowest BCUT2D eigenvalue weighted by atomic mass is 10.1. The minimum Gasteiger partial charge on any atom is -0.489 e. The zero-order valence-electron chi connectivity index (χ0n) is 15.9. The average Bonchev–Trinajstić information content (AvgIpc) is 3.10. The second-order valence-corrected chi connectivity index (χ2v) is 6.97. The monoisotopic (exact) mass is 380 g/mol. The summed E-state index contributed by atoms with van der Waals surface area (Å²) in [6.45, 7) is 3.09. The third-order valence-electron chi connectivity index (χ3n) is 4.86. The second kappa shape index (κ2) is 8.46. The van der Waals surface area contributed by atoms with Gasteiger partial charge in [-0.25, -0.2) is 0 Å². The van der Waals surface area contributed by atoms with E-state index in [0.717, 1.165) is 29.8 Å². The Morgan fingerprint density at radius 1 is 1.18 bits per heavy atom. The summed E-state index contributed by atoms with van der Waals surface area (Å²) in [5, 5.41) is 3.84. The lowest BCUT2D eigenvalue weighted by Crippen LogP contribution is -2.46. The first-order valence-electron chi connectivity index (χ1n) is 9.47. The van der Waals surface area contributed by atoms with Crippen molar-refractivity contribution in [1.82, 2.24) is 10.2 Å². The number of benzene rings is 2. The van der Waals surface area contributed by atoms with E-state index < -0.39 is 0 Å². The van der Waals surface area contributed by atoms with Gasteiger partial charge in [0.2, 0.25) is 0 Å². The van der Waals surface area contributed by atoms with Gasteiger partial charge in [-0.1, -0.05) is 36.4 Å². The highest BCUT2D eigenvalue weighted by Gasteiger charge is 2.23. The Labute approximate surface area is 164 Å². The van der Waals surface area contributed by atoms with E-state index >= 15 is 0 Å². The average molecular weight is 380 g/mol. The van der Waals surface area contributed by atoms with E-state index in [1.54, 1.807) is 0 Å². The van der Waals surface area contributed by atoms with Gasteiger partial charge in [0.1, 0.15) is 17.9 Å². The molecule has 4 rings (SSSR count). The van der Waals surface area contributed by atoms with Crippen LogP contribution >= 0.6 is 0 Å². The number of furan rings is 1. The molecule has 6 heteroatoms. The molecule has 1 aliphatic rings. The van der Waals surface area contributed by atoms with Gasteiger partial charge in [-0.2, -0.15) is 0 Å². The molecule has 1 aromatic heterocycles. The van der Waals surface area contributed by atoms with Gasteiger partial charge >= 0.3 is 0 Å². The quantitative estimate of drug-likeness (QED) is 0.712. The van der Waals surface area contributed by atoms with Crippen LogP contribution < -0.4 is 10.1 Å². The molecule has 0 aliphatic carbocycles. The lowest BCUT2D eigenvalue weighted by Gasteiger charge is -2.30. The van der Waals surface area contributed by atoms with Crippen molar-refractivity contribution >= 4 is 16.9 Å². The highest BCUT2D eigenvalue weighted by molar-refractivity contribution is 5.99. The molecule has 28 heavy (non-hydrogen) atoms. The molecule has 0 saturated carbocycles. The number of hydrogen-bond donors (Lipinski definition) is 1. The molecule has 1 atom stereocenters. The van der Waals surface area contributed by atoms with Crippen molar-refractivity contribution < 1.29 is 18.7 Å². The van der Waals surface area contributed by atoms with Crippen molar-refractivity contribution in [2.24, 2.45) is 0 Å². The summed E-state index contributed by atoms with van der Waals surface area (Å²) in [6.07, 6.45) is -0.0175. The Morgan fingerprint density at radius 3 is 2.79 bits per heavy atom. The number of carbonyl (C=O) groups is 1. The molecule has 0 bridgehead atoms. The van der Waals surface area contributed by atoms with E-state index in [9.17, 15) is 4.79 Å². The van der Waals surface area contributed by atoms with Gasteiger partial charge in [0.25, 0.3) is 5.91 Å². The van der Waals surface area contributed by atoms with E-state index in [2.05, 4.69) is 17.3 Å². The summed E-state index contributed by atoms with van der Waals surface area (Å²) >= 11 is 0. The summed E-state index contributed by atoms with van der Waals surface area (Å²) < 4.78 is 17.5. The van der Waals surface area contributed by atoms with Crippen molar-refractivity contribution in [3.05, 3.63) is 65.9 Å². The molecule has 146 valence electrons. The molecule has 0 radical (unpaired) electrons. The summed E-state index contributed by atoms with van der Waals surface area (Å²) in [6, 6.07) is 17.2. The maximum absolute atomic E-state index is 12.8. The Bertz CT molecular complexity index is 938. The van der Waals surface area contributed by atoms with Gasteiger partial charge < -0.3 is 24.1 Å². The SMILES string of the molecule is CN1CCOC(CNC(=O)c2oc3ccccc3c2COc2ccccc2)C1. The topological polar surface area (TPSA) is 63.9 Å². The minimum absolute atomic E-state index is 0.0175. The van der Waals surface area contributed by atoms with Gasteiger partial charge in [0, 0.05) is 30.6 Å². The van der Waals surface area contributed by atoms with Gasteiger partial charge in [0.05, 0.1) is 12.7 Å². The van der Waals surface area contributed by atoms with E-state index in [1.165, 1.54) is 0 Å². The van der Waals surface area contributed by atoms with Crippen LogP contribution in [0.1, 0.15) is 16.1 Å². The number of likely N-dealkylation sites (N-methyl/N-ethyl adjacent to an activating group) is 1. The number of carbonyl (C=O) groups excluding carboxylic acids is 1.